The number of nitrogens with one attached hydrogen (secondary N) is 1. The Morgan fingerprint density at radius 3 is 3.13 bits per heavy atom. The van der Waals surface area contributed by atoms with Gasteiger partial charge in [-0.3, -0.25) is 4.79 Å². The molecule has 0 bridgehead atoms. The maximum atomic E-state index is 11.0. The second-order valence-electron chi connectivity index (χ2n) is 3.85. The van der Waals surface area contributed by atoms with Crippen molar-refractivity contribution in [3.8, 4) is 0 Å². The second kappa shape index (κ2) is 4.02. The van der Waals surface area contributed by atoms with Crippen molar-refractivity contribution in [2.75, 3.05) is 13.1 Å². The minimum Gasteiger partial charge on any atom is -0.481 e. The predicted molar refractivity (Wildman–Crippen MR) is 52.6 cm³/mol. The normalized spacial score (nSPS) is 26.5. The minimum absolute atomic E-state index is 0.0996. The molecule has 2 atom stereocenters. The van der Waals surface area contributed by atoms with E-state index in [-0.39, 0.29) is 5.92 Å². The summed E-state index contributed by atoms with van der Waals surface area (Å²) >= 11 is 0. The Bertz CT molecular complexity index is 361. The van der Waals surface area contributed by atoms with Crippen LogP contribution in [0.2, 0.25) is 0 Å². The molecule has 1 aliphatic heterocycles. The number of hydrogen-bond donors (Lipinski definition) is 2. The molecule has 1 saturated heterocycles. The molecule has 0 aliphatic carbocycles. The van der Waals surface area contributed by atoms with Gasteiger partial charge in [-0.25, -0.2) is 4.98 Å². The summed E-state index contributed by atoms with van der Waals surface area (Å²) in [6, 6.07) is 0. The van der Waals surface area contributed by atoms with E-state index >= 15 is 0 Å². The number of carbonyl (C=O) groups is 1. The summed E-state index contributed by atoms with van der Waals surface area (Å²) in [6.07, 6.45) is 2.40. The fourth-order valence-electron chi connectivity index (χ4n) is 1.96. The van der Waals surface area contributed by atoms with Crippen molar-refractivity contribution in [3.63, 3.8) is 0 Å². The number of aryl methyl sites for hydroxylation is 1. The van der Waals surface area contributed by atoms with Crippen molar-refractivity contribution < 1.29 is 14.3 Å². The zero-order chi connectivity index (χ0) is 10.8. The molecule has 0 aromatic carbocycles. The van der Waals surface area contributed by atoms with Gasteiger partial charge in [-0.05, 0) is 19.9 Å². The first-order valence-electron chi connectivity index (χ1n) is 5.04. The highest BCUT2D eigenvalue weighted by molar-refractivity contribution is 5.71. The van der Waals surface area contributed by atoms with Crippen LogP contribution in [0.1, 0.15) is 24.0 Å². The fourth-order valence-corrected chi connectivity index (χ4v) is 1.96. The van der Waals surface area contributed by atoms with E-state index in [0.29, 0.717) is 12.4 Å². The molecular formula is C10H14N2O3. The van der Waals surface area contributed by atoms with Crippen LogP contribution >= 0.6 is 0 Å². The lowest BCUT2D eigenvalue weighted by atomic mass is 9.86. The van der Waals surface area contributed by atoms with E-state index in [0.717, 1.165) is 18.7 Å². The van der Waals surface area contributed by atoms with Gasteiger partial charge < -0.3 is 14.8 Å². The quantitative estimate of drug-likeness (QED) is 0.753. The first-order chi connectivity index (χ1) is 7.18. The Hall–Kier alpha value is -1.36. The molecule has 0 amide bonds. The molecule has 5 heteroatoms. The highest BCUT2D eigenvalue weighted by atomic mass is 16.4. The number of piperidine rings is 1. The van der Waals surface area contributed by atoms with Gasteiger partial charge in [0.15, 0.2) is 5.89 Å². The minimum atomic E-state index is -0.789. The van der Waals surface area contributed by atoms with Gasteiger partial charge >= 0.3 is 5.97 Å². The van der Waals surface area contributed by atoms with Crippen molar-refractivity contribution in [3.05, 3.63) is 17.8 Å². The van der Waals surface area contributed by atoms with Gasteiger partial charge in [0.2, 0.25) is 0 Å². The number of oxazole rings is 1. The lowest BCUT2D eigenvalue weighted by Gasteiger charge is -2.26. The van der Waals surface area contributed by atoms with Crippen LogP contribution in [0.15, 0.2) is 10.6 Å². The first kappa shape index (κ1) is 10.2. The fraction of sp³-hybridized carbons (Fsp3) is 0.600. The molecule has 2 N–H and O–H groups in total. The summed E-state index contributed by atoms with van der Waals surface area (Å²) < 4.78 is 5.40. The monoisotopic (exact) mass is 210 g/mol. The highest BCUT2D eigenvalue weighted by Crippen LogP contribution is 2.29. The Morgan fingerprint density at radius 2 is 2.53 bits per heavy atom. The van der Waals surface area contributed by atoms with Crippen molar-refractivity contribution in [2.24, 2.45) is 5.92 Å². The van der Waals surface area contributed by atoms with Crippen molar-refractivity contribution >= 4 is 5.97 Å². The lowest BCUT2D eigenvalue weighted by molar-refractivity contribution is -0.143. The molecule has 0 radical (unpaired) electrons. The molecule has 2 rings (SSSR count). The number of hydrogen-bond acceptors (Lipinski definition) is 4. The Balaban J connectivity index is 2.21. The lowest BCUT2D eigenvalue weighted by Crippen LogP contribution is -2.39. The van der Waals surface area contributed by atoms with E-state index in [4.69, 9.17) is 9.52 Å². The van der Waals surface area contributed by atoms with Crippen LogP contribution < -0.4 is 5.32 Å². The number of rotatable bonds is 2. The molecular weight excluding hydrogens is 196 g/mol. The second-order valence-corrected chi connectivity index (χ2v) is 3.85. The number of carboxylic acids is 1. The Labute approximate surface area is 87.5 Å². The zero-order valence-electron chi connectivity index (χ0n) is 8.56. The number of aromatic nitrogens is 1. The van der Waals surface area contributed by atoms with Gasteiger partial charge in [0.1, 0.15) is 5.76 Å². The standard InChI is InChI=1S/C10H14N2O3/c1-6-4-12-9(15-6)7-2-3-11-5-8(7)10(13)14/h4,7-8,11H,2-3,5H2,1H3,(H,13,14). The topological polar surface area (TPSA) is 75.4 Å². The molecule has 2 unspecified atom stereocenters. The van der Waals surface area contributed by atoms with Crippen LogP contribution in [-0.4, -0.2) is 29.1 Å². The summed E-state index contributed by atoms with van der Waals surface area (Å²) in [5.74, 6) is -0.0358. The van der Waals surface area contributed by atoms with Crippen molar-refractivity contribution in [2.45, 2.75) is 19.3 Å². The molecule has 1 aromatic heterocycles. The van der Waals surface area contributed by atoms with Crippen LogP contribution in [0.4, 0.5) is 0 Å². The van der Waals surface area contributed by atoms with Gasteiger partial charge in [-0.2, -0.15) is 0 Å². The third-order valence-electron chi connectivity index (χ3n) is 2.76. The SMILES string of the molecule is Cc1cnc(C2CCNCC2C(=O)O)o1. The summed E-state index contributed by atoms with van der Waals surface area (Å²) in [4.78, 5) is 15.1. The van der Waals surface area contributed by atoms with E-state index in [1.54, 1.807) is 6.20 Å². The molecule has 1 aliphatic rings. The van der Waals surface area contributed by atoms with Crippen molar-refractivity contribution in [1.82, 2.24) is 10.3 Å². The van der Waals surface area contributed by atoms with Crippen LogP contribution in [0.25, 0.3) is 0 Å². The third kappa shape index (κ3) is 2.02. The molecule has 82 valence electrons. The smallest absolute Gasteiger partial charge is 0.308 e. The maximum Gasteiger partial charge on any atom is 0.308 e. The van der Waals surface area contributed by atoms with Gasteiger partial charge in [-0.15, -0.1) is 0 Å². The van der Waals surface area contributed by atoms with E-state index in [1.165, 1.54) is 0 Å². The molecule has 5 nitrogen and oxygen atoms in total. The summed E-state index contributed by atoms with van der Waals surface area (Å²) in [6.45, 7) is 3.12. The van der Waals surface area contributed by atoms with Crippen LogP contribution in [0.3, 0.4) is 0 Å². The molecule has 2 heterocycles. The molecule has 1 fully saturated rings. The number of nitrogens with zero attached hydrogens (tertiary/aromatic N) is 1. The molecule has 1 aromatic rings. The van der Waals surface area contributed by atoms with Gasteiger partial charge in [-0.1, -0.05) is 0 Å². The highest BCUT2D eigenvalue weighted by Gasteiger charge is 2.34. The van der Waals surface area contributed by atoms with Gasteiger partial charge in [0.05, 0.1) is 18.0 Å². The molecule has 0 saturated carbocycles. The van der Waals surface area contributed by atoms with E-state index in [2.05, 4.69) is 10.3 Å². The molecule has 15 heavy (non-hydrogen) atoms. The third-order valence-corrected chi connectivity index (χ3v) is 2.76. The zero-order valence-corrected chi connectivity index (χ0v) is 8.56. The molecule has 0 spiro atoms. The van der Waals surface area contributed by atoms with E-state index in [9.17, 15) is 4.79 Å². The Kier molecular flexibility index (Phi) is 2.73. The summed E-state index contributed by atoms with van der Waals surface area (Å²) in [5, 5.41) is 12.1. The van der Waals surface area contributed by atoms with Crippen LogP contribution in [0, 0.1) is 12.8 Å². The van der Waals surface area contributed by atoms with Gasteiger partial charge in [0, 0.05) is 6.54 Å². The van der Waals surface area contributed by atoms with Gasteiger partial charge in [0.25, 0.3) is 0 Å². The largest absolute Gasteiger partial charge is 0.481 e. The van der Waals surface area contributed by atoms with E-state index in [1.807, 2.05) is 6.92 Å². The van der Waals surface area contributed by atoms with E-state index < -0.39 is 11.9 Å². The number of aliphatic carboxylic acids is 1. The summed E-state index contributed by atoms with van der Waals surface area (Å²) in [7, 11) is 0. The number of carboxylic acid groups (broad SMARTS) is 1. The maximum absolute atomic E-state index is 11.0. The Morgan fingerprint density at radius 1 is 1.73 bits per heavy atom. The van der Waals surface area contributed by atoms with Crippen molar-refractivity contribution in [1.29, 1.82) is 0 Å². The first-order valence-corrected chi connectivity index (χ1v) is 5.04. The van der Waals surface area contributed by atoms with Crippen LogP contribution in [0.5, 0.6) is 0 Å². The predicted octanol–water partition coefficient (Wildman–Crippen LogP) is 0.761. The average molecular weight is 210 g/mol. The van der Waals surface area contributed by atoms with Crippen LogP contribution in [-0.2, 0) is 4.79 Å². The summed E-state index contributed by atoms with van der Waals surface area (Å²) in [5.41, 5.74) is 0. The average Bonchev–Trinajstić information content (AvgIpc) is 2.65.